The molecule has 0 saturated heterocycles. The number of hydrogen-bond donors (Lipinski definition) is 6. The average Bonchev–Trinajstić information content (AvgIpc) is 3.14. The summed E-state index contributed by atoms with van der Waals surface area (Å²) < 4.78 is 5.31. The van der Waals surface area contributed by atoms with E-state index in [0.29, 0.717) is 0 Å². The van der Waals surface area contributed by atoms with Crippen molar-refractivity contribution in [1.82, 2.24) is 10.3 Å². The molecule has 0 unspecified atom stereocenters. The number of rotatable bonds is 7. The van der Waals surface area contributed by atoms with Gasteiger partial charge in [0, 0.05) is 5.38 Å². The number of aromatic nitrogens is 1. The van der Waals surface area contributed by atoms with Crippen molar-refractivity contribution in [2.75, 3.05) is 5.73 Å². The number of nitrogens with two attached hydrogens (primary N) is 2. The molecule has 2 amide bonds. The van der Waals surface area contributed by atoms with Crippen molar-refractivity contribution in [3.8, 4) is 11.5 Å². The van der Waals surface area contributed by atoms with Crippen LogP contribution in [-0.4, -0.2) is 62.4 Å². The molecule has 2 heterocycles. The van der Waals surface area contributed by atoms with Crippen LogP contribution in [0.2, 0.25) is 0 Å². The van der Waals surface area contributed by atoms with Crippen LogP contribution in [0.5, 0.6) is 11.5 Å². The second-order valence-electron chi connectivity index (χ2n) is 7.56. The van der Waals surface area contributed by atoms with Crippen LogP contribution in [0.1, 0.15) is 35.5 Å². The van der Waals surface area contributed by atoms with Gasteiger partial charge < -0.3 is 41.5 Å². The summed E-state index contributed by atoms with van der Waals surface area (Å²) in [5.74, 6) is -4.54. The number of hydrogen-bond acceptors (Lipinski definition) is 11. The van der Waals surface area contributed by atoms with Gasteiger partial charge in [-0.15, -0.1) is 11.3 Å². The van der Waals surface area contributed by atoms with E-state index in [1.165, 1.54) is 25.3 Å². The molecule has 0 saturated carbocycles. The number of amides is 2. The molecule has 0 spiro atoms. The summed E-state index contributed by atoms with van der Waals surface area (Å²) in [6.45, 7) is 2.71. The Kier molecular flexibility index (Phi) is 6.46. The number of anilines is 1. The number of benzene rings is 1. The van der Waals surface area contributed by atoms with Gasteiger partial charge >= 0.3 is 13.1 Å². The lowest BCUT2D eigenvalue weighted by atomic mass is 9.72. The smallest absolute Gasteiger partial charge is 0.534 e. The number of carbonyl (C=O) groups is 3. The van der Waals surface area contributed by atoms with Crippen LogP contribution in [0, 0.1) is 0 Å². The van der Waals surface area contributed by atoms with Gasteiger partial charge in [-0.2, -0.15) is 0 Å². The van der Waals surface area contributed by atoms with Crippen LogP contribution in [0.25, 0.3) is 0 Å². The minimum atomic E-state index is -1.62. The molecule has 1 aromatic carbocycles. The van der Waals surface area contributed by atoms with Gasteiger partial charge in [-0.25, -0.2) is 9.78 Å². The second-order valence-corrected chi connectivity index (χ2v) is 8.45. The summed E-state index contributed by atoms with van der Waals surface area (Å²) in [6.07, 6.45) is -0.0724. The summed E-state index contributed by atoms with van der Waals surface area (Å²) in [5, 5.41) is 37.3. The summed E-state index contributed by atoms with van der Waals surface area (Å²) in [4.78, 5) is 45.0. The number of phenolic OH excluding ortho intramolecular Hbond substituents is 1. The number of nitrogens with zero attached hydrogens (tertiary/aromatic N) is 2. The van der Waals surface area contributed by atoms with Crippen molar-refractivity contribution in [3.05, 3.63) is 34.3 Å². The standard InChI is InChI=1S/C18H20BN5O8S/c1-18(2,16(20)29)32-24-12(10-6-33-17(21)22-10)14(26)23-11-4-7-3-8(25)5-9(15(27)28)13(7)31-19(11)30/h3,5-6,11,25,30H,4H2,1-2H3,(H2,20,29)(H2,21,22)(H,23,26)(H,27,28)/b24-12-/t11-/m0/s1. The van der Waals surface area contributed by atoms with Crippen molar-refractivity contribution < 1.29 is 39.1 Å². The third-order valence-corrected chi connectivity index (χ3v) is 5.33. The second kappa shape index (κ2) is 8.95. The minimum absolute atomic E-state index is 0.0488. The van der Waals surface area contributed by atoms with Gasteiger partial charge in [-0.1, -0.05) is 5.16 Å². The van der Waals surface area contributed by atoms with E-state index in [4.69, 9.17) is 21.0 Å². The largest absolute Gasteiger partial charge is 0.547 e. The molecule has 0 fully saturated rings. The molecule has 1 atom stereocenters. The summed E-state index contributed by atoms with van der Waals surface area (Å²) in [7, 11) is -1.62. The lowest BCUT2D eigenvalue weighted by Gasteiger charge is -2.29. The molecule has 1 aliphatic heterocycles. The van der Waals surface area contributed by atoms with E-state index in [9.17, 15) is 29.6 Å². The topological polar surface area (TPSA) is 220 Å². The Morgan fingerprint density at radius 1 is 1.39 bits per heavy atom. The molecule has 15 heteroatoms. The van der Waals surface area contributed by atoms with Crippen molar-refractivity contribution in [2.24, 2.45) is 10.9 Å². The van der Waals surface area contributed by atoms with Crippen molar-refractivity contribution in [1.29, 1.82) is 0 Å². The van der Waals surface area contributed by atoms with Crippen LogP contribution in [0.15, 0.2) is 22.7 Å². The maximum Gasteiger partial charge on any atom is 0.547 e. The summed E-state index contributed by atoms with van der Waals surface area (Å²) >= 11 is 1.03. The number of primary amides is 1. The first-order valence-electron chi connectivity index (χ1n) is 9.41. The van der Waals surface area contributed by atoms with Gasteiger partial charge in [-0.05, 0) is 38.0 Å². The molecule has 174 valence electrons. The predicted molar refractivity (Wildman–Crippen MR) is 117 cm³/mol. The molecule has 8 N–H and O–H groups in total. The number of nitrogen functional groups attached to an aromatic ring is 1. The zero-order valence-electron chi connectivity index (χ0n) is 17.4. The highest BCUT2D eigenvalue weighted by molar-refractivity contribution is 7.13. The maximum absolute atomic E-state index is 13.0. The summed E-state index contributed by atoms with van der Waals surface area (Å²) in [5.41, 5.74) is 8.97. The highest BCUT2D eigenvalue weighted by atomic mass is 32.1. The Bertz CT molecular complexity index is 1150. The Hall–Kier alpha value is -3.85. The van der Waals surface area contributed by atoms with Gasteiger partial charge in [-0.3, -0.25) is 9.59 Å². The van der Waals surface area contributed by atoms with Crippen LogP contribution in [-0.2, 0) is 20.8 Å². The summed E-state index contributed by atoms with van der Waals surface area (Å²) in [6, 6.07) is 2.25. The molecular weight excluding hydrogens is 457 g/mol. The van der Waals surface area contributed by atoms with E-state index in [1.54, 1.807) is 0 Å². The number of oxime groups is 1. The quantitative estimate of drug-likeness (QED) is 0.166. The highest BCUT2D eigenvalue weighted by Gasteiger charge is 2.39. The van der Waals surface area contributed by atoms with Gasteiger partial charge in [0.05, 0.1) is 5.94 Å². The Balaban J connectivity index is 1.88. The molecule has 33 heavy (non-hydrogen) atoms. The van der Waals surface area contributed by atoms with Crippen molar-refractivity contribution >= 4 is 47.1 Å². The average molecular weight is 477 g/mol. The lowest BCUT2D eigenvalue weighted by molar-refractivity contribution is -0.139. The first-order chi connectivity index (χ1) is 15.4. The van der Waals surface area contributed by atoms with E-state index in [-0.39, 0.29) is 45.6 Å². The van der Waals surface area contributed by atoms with Gasteiger partial charge in [0.2, 0.25) is 5.60 Å². The first kappa shape index (κ1) is 23.8. The minimum Gasteiger partial charge on any atom is -0.534 e. The van der Waals surface area contributed by atoms with Gasteiger partial charge in [0.15, 0.2) is 10.8 Å². The van der Waals surface area contributed by atoms with Gasteiger partial charge in [0.25, 0.3) is 11.8 Å². The molecule has 0 bridgehead atoms. The molecule has 1 aliphatic rings. The van der Waals surface area contributed by atoms with Crippen molar-refractivity contribution in [3.63, 3.8) is 0 Å². The van der Waals surface area contributed by atoms with Gasteiger partial charge in [0.1, 0.15) is 22.8 Å². The van der Waals surface area contributed by atoms with Crippen LogP contribution in [0.3, 0.4) is 0 Å². The number of carbonyl (C=O) groups excluding carboxylic acids is 2. The van der Waals surface area contributed by atoms with Crippen LogP contribution in [0.4, 0.5) is 5.13 Å². The van der Waals surface area contributed by atoms with E-state index >= 15 is 0 Å². The number of phenols is 1. The molecular formula is C18H20BN5O8S. The number of nitrogens with one attached hydrogen (secondary N) is 1. The van der Waals surface area contributed by atoms with E-state index < -0.39 is 36.4 Å². The Labute approximate surface area is 191 Å². The lowest BCUT2D eigenvalue weighted by Crippen LogP contribution is -2.54. The fraction of sp³-hybridized carbons (Fsp3) is 0.278. The SMILES string of the molecule is CC(C)(O/N=C(\C(=O)N[C@H]1Cc2cc(O)cc(C(=O)O)c2OB1O)c1csc(N)n1)C(N)=O. The third kappa shape index (κ3) is 5.15. The van der Waals surface area contributed by atoms with E-state index in [1.807, 2.05) is 0 Å². The number of aromatic carboxylic acids is 1. The molecule has 1 aromatic heterocycles. The first-order valence-corrected chi connectivity index (χ1v) is 10.3. The number of aromatic hydroxyl groups is 1. The highest BCUT2D eigenvalue weighted by Crippen LogP contribution is 2.33. The third-order valence-electron chi connectivity index (χ3n) is 4.66. The predicted octanol–water partition coefficient (Wildman–Crippen LogP) is -0.747. The monoisotopic (exact) mass is 477 g/mol. The van der Waals surface area contributed by atoms with E-state index in [0.717, 1.165) is 17.4 Å². The molecule has 3 rings (SSSR count). The number of fused-ring (bicyclic) bond motifs is 1. The Morgan fingerprint density at radius 2 is 2.09 bits per heavy atom. The number of carboxylic acid groups (broad SMARTS) is 1. The number of thiazole rings is 1. The normalized spacial score (nSPS) is 15.9. The Morgan fingerprint density at radius 3 is 2.67 bits per heavy atom. The molecule has 0 aliphatic carbocycles. The molecule has 13 nitrogen and oxygen atoms in total. The zero-order valence-corrected chi connectivity index (χ0v) is 18.3. The maximum atomic E-state index is 13.0. The molecule has 2 aromatic rings. The van der Waals surface area contributed by atoms with Crippen molar-refractivity contribution in [2.45, 2.75) is 31.8 Å². The fourth-order valence-corrected chi connectivity index (χ4v) is 3.37. The zero-order chi connectivity index (χ0) is 24.5. The number of carboxylic acids is 1. The molecule has 0 radical (unpaired) electrons. The fourth-order valence-electron chi connectivity index (χ4n) is 2.83. The van der Waals surface area contributed by atoms with Crippen LogP contribution < -0.4 is 21.4 Å². The van der Waals surface area contributed by atoms with E-state index in [2.05, 4.69) is 15.5 Å². The van der Waals surface area contributed by atoms with Crippen LogP contribution >= 0.6 is 11.3 Å².